The second-order valence-corrected chi connectivity index (χ2v) is 10.2. The van der Waals surface area contributed by atoms with Gasteiger partial charge in [-0.25, -0.2) is 4.79 Å². The van der Waals surface area contributed by atoms with Crippen molar-refractivity contribution >= 4 is 17.9 Å². The van der Waals surface area contributed by atoms with Gasteiger partial charge in [0, 0.05) is 12.6 Å². The van der Waals surface area contributed by atoms with E-state index in [-0.39, 0.29) is 11.9 Å². The molecule has 8 heteroatoms. The molecule has 2 rings (SSSR count). The molecule has 1 aromatic rings. The van der Waals surface area contributed by atoms with Crippen LogP contribution in [0.2, 0.25) is 0 Å². The Kier molecular flexibility index (Phi) is 9.91. The van der Waals surface area contributed by atoms with E-state index in [1.165, 1.54) is 0 Å². The van der Waals surface area contributed by atoms with Gasteiger partial charge in [-0.05, 0) is 65.9 Å². The Morgan fingerprint density at radius 1 is 1.15 bits per heavy atom. The molecule has 0 aromatic heterocycles. The molecular weight excluding hydrogens is 434 g/mol. The molecule has 34 heavy (non-hydrogen) atoms. The van der Waals surface area contributed by atoms with E-state index in [9.17, 15) is 19.5 Å². The number of benzene rings is 1. The number of ether oxygens (including phenoxy) is 1. The summed E-state index contributed by atoms with van der Waals surface area (Å²) in [5.41, 5.74) is 1.96. The highest BCUT2D eigenvalue weighted by atomic mass is 16.6. The molecule has 2 atom stereocenters. The quantitative estimate of drug-likeness (QED) is 0.449. The van der Waals surface area contributed by atoms with Crippen molar-refractivity contribution in [1.82, 2.24) is 15.5 Å². The number of nitrogens with one attached hydrogen (secondary N) is 2. The summed E-state index contributed by atoms with van der Waals surface area (Å²) in [6.07, 6.45) is 3.46. The number of aliphatic hydroxyl groups is 1. The summed E-state index contributed by atoms with van der Waals surface area (Å²) in [5, 5.41) is 15.5. The van der Waals surface area contributed by atoms with Crippen LogP contribution in [0.3, 0.4) is 0 Å². The zero-order valence-corrected chi connectivity index (χ0v) is 21.4. The topological polar surface area (TPSA) is 108 Å². The van der Waals surface area contributed by atoms with Crippen molar-refractivity contribution in [3.8, 4) is 0 Å². The van der Waals surface area contributed by atoms with E-state index in [1.807, 2.05) is 39.0 Å². The van der Waals surface area contributed by atoms with E-state index in [0.29, 0.717) is 6.54 Å². The van der Waals surface area contributed by atoms with Crippen LogP contribution in [-0.2, 0) is 14.3 Å². The number of aliphatic hydroxyl groups excluding tert-OH is 1. The Morgan fingerprint density at radius 2 is 1.76 bits per heavy atom. The molecule has 190 valence electrons. The minimum Gasteiger partial charge on any atom is -0.444 e. The molecule has 1 aliphatic carbocycles. The lowest BCUT2D eigenvalue weighted by molar-refractivity contribution is -0.148. The number of aryl methyl sites for hydroxylation is 2. The first-order chi connectivity index (χ1) is 16.0. The predicted octanol–water partition coefficient (Wildman–Crippen LogP) is 3.53. The number of carbonyl (C=O) groups excluding carboxylic acids is 3. The first-order valence-corrected chi connectivity index (χ1v) is 12.2. The molecule has 0 aliphatic heterocycles. The van der Waals surface area contributed by atoms with Gasteiger partial charge in [0.15, 0.2) is 0 Å². The Morgan fingerprint density at radius 3 is 2.24 bits per heavy atom. The molecule has 1 saturated carbocycles. The third-order valence-corrected chi connectivity index (χ3v) is 5.81. The lowest BCUT2D eigenvalue weighted by Gasteiger charge is -2.43. The van der Waals surface area contributed by atoms with Crippen LogP contribution >= 0.6 is 0 Å². The second-order valence-electron chi connectivity index (χ2n) is 10.2. The maximum atomic E-state index is 13.7. The SMILES string of the molecule is CCCCNC(=O)C(c1cc(C)cc(C)c1)N(C(=O)C(CO)NC(=O)OC(C)(C)C)C1CCC1. The van der Waals surface area contributed by atoms with Crippen LogP contribution < -0.4 is 10.6 Å². The fraction of sp³-hybridized carbons (Fsp3) is 0.654. The summed E-state index contributed by atoms with van der Waals surface area (Å²) in [5.74, 6) is -0.750. The maximum absolute atomic E-state index is 13.7. The van der Waals surface area contributed by atoms with Gasteiger partial charge in [0.2, 0.25) is 11.8 Å². The first kappa shape index (κ1) is 27.6. The molecule has 0 radical (unpaired) electrons. The highest BCUT2D eigenvalue weighted by molar-refractivity contribution is 5.92. The van der Waals surface area contributed by atoms with Gasteiger partial charge in [-0.2, -0.15) is 0 Å². The number of nitrogens with zero attached hydrogens (tertiary/aromatic N) is 1. The van der Waals surface area contributed by atoms with Crippen molar-refractivity contribution < 1.29 is 24.2 Å². The minimum absolute atomic E-state index is 0.148. The number of carbonyl (C=O) groups is 3. The third-order valence-electron chi connectivity index (χ3n) is 5.81. The van der Waals surface area contributed by atoms with Crippen molar-refractivity contribution in [3.05, 3.63) is 34.9 Å². The van der Waals surface area contributed by atoms with E-state index in [4.69, 9.17) is 4.74 Å². The van der Waals surface area contributed by atoms with Crippen LogP contribution in [0.5, 0.6) is 0 Å². The zero-order chi connectivity index (χ0) is 25.5. The molecule has 0 heterocycles. The number of alkyl carbamates (subject to hydrolysis) is 1. The fourth-order valence-electron chi connectivity index (χ4n) is 4.09. The van der Waals surface area contributed by atoms with Crippen molar-refractivity contribution in [1.29, 1.82) is 0 Å². The summed E-state index contributed by atoms with van der Waals surface area (Å²) in [4.78, 5) is 41.1. The molecular formula is C26H41N3O5. The van der Waals surface area contributed by atoms with Gasteiger partial charge in [0.25, 0.3) is 0 Å². The molecule has 1 aliphatic rings. The standard InChI is InChI=1S/C26H41N3O5/c1-7-8-12-27-23(31)22(19-14-17(2)13-18(3)15-19)29(20-10-9-11-20)24(32)21(16-30)28-25(33)34-26(4,5)6/h13-15,20-22,30H,7-12,16H2,1-6H3,(H,27,31)(H,28,33). The van der Waals surface area contributed by atoms with E-state index < -0.39 is 36.3 Å². The monoisotopic (exact) mass is 475 g/mol. The van der Waals surface area contributed by atoms with Crippen molar-refractivity contribution in [2.75, 3.05) is 13.2 Å². The molecule has 2 unspecified atom stereocenters. The Bertz CT molecular complexity index is 840. The highest BCUT2D eigenvalue weighted by Gasteiger charge is 2.41. The molecule has 3 N–H and O–H groups in total. The van der Waals surface area contributed by atoms with Gasteiger partial charge in [0.05, 0.1) is 6.61 Å². The van der Waals surface area contributed by atoms with Crippen LogP contribution in [0.25, 0.3) is 0 Å². The molecule has 1 fully saturated rings. The van der Waals surface area contributed by atoms with Gasteiger partial charge in [-0.15, -0.1) is 0 Å². The van der Waals surface area contributed by atoms with Crippen LogP contribution in [0.15, 0.2) is 18.2 Å². The summed E-state index contributed by atoms with van der Waals surface area (Å²) >= 11 is 0. The normalized spacial score (nSPS) is 15.6. The Hall–Kier alpha value is -2.61. The van der Waals surface area contributed by atoms with Gasteiger partial charge in [-0.3, -0.25) is 9.59 Å². The Labute approximate surface area is 203 Å². The van der Waals surface area contributed by atoms with E-state index >= 15 is 0 Å². The van der Waals surface area contributed by atoms with Gasteiger partial charge < -0.3 is 25.4 Å². The average Bonchev–Trinajstić information content (AvgIpc) is 2.68. The highest BCUT2D eigenvalue weighted by Crippen LogP contribution is 2.34. The van der Waals surface area contributed by atoms with Crippen molar-refractivity contribution in [2.24, 2.45) is 0 Å². The molecule has 0 saturated heterocycles. The number of amides is 3. The van der Waals surface area contributed by atoms with Crippen LogP contribution in [-0.4, -0.2) is 58.8 Å². The van der Waals surface area contributed by atoms with E-state index in [2.05, 4.69) is 10.6 Å². The molecule has 1 aromatic carbocycles. The largest absolute Gasteiger partial charge is 0.444 e. The molecule has 8 nitrogen and oxygen atoms in total. The summed E-state index contributed by atoms with van der Waals surface area (Å²) in [6, 6.07) is 3.64. The molecule has 0 bridgehead atoms. The molecule has 3 amide bonds. The van der Waals surface area contributed by atoms with Gasteiger partial charge in [-0.1, -0.05) is 42.7 Å². The smallest absolute Gasteiger partial charge is 0.408 e. The summed E-state index contributed by atoms with van der Waals surface area (Å²) in [7, 11) is 0. The van der Waals surface area contributed by atoms with Crippen molar-refractivity contribution in [2.45, 2.75) is 97.4 Å². The summed E-state index contributed by atoms with van der Waals surface area (Å²) in [6.45, 7) is 11.0. The molecule has 0 spiro atoms. The van der Waals surface area contributed by atoms with Crippen LogP contribution in [0, 0.1) is 13.8 Å². The fourth-order valence-corrected chi connectivity index (χ4v) is 4.09. The first-order valence-electron chi connectivity index (χ1n) is 12.2. The third kappa shape index (κ3) is 7.72. The zero-order valence-electron chi connectivity index (χ0n) is 21.4. The van der Waals surface area contributed by atoms with Gasteiger partial charge >= 0.3 is 6.09 Å². The van der Waals surface area contributed by atoms with Gasteiger partial charge in [0.1, 0.15) is 17.7 Å². The Balaban J connectivity index is 2.42. The second kappa shape index (κ2) is 12.2. The summed E-state index contributed by atoms with van der Waals surface area (Å²) < 4.78 is 5.28. The maximum Gasteiger partial charge on any atom is 0.408 e. The number of hydrogen-bond donors (Lipinski definition) is 3. The lowest BCUT2D eigenvalue weighted by atomic mass is 9.87. The predicted molar refractivity (Wildman–Crippen MR) is 131 cm³/mol. The number of unbranched alkanes of at least 4 members (excludes halogenated alkanes) is 1. The van der Waals surface area contributed by atoms with Crippen molar-refractivity contribution in [3.63, 3.8) is 0 Å². The minimum atomic E-state index is -1.22. The van der Waals surface area contributed by atoms with Crippen LogP contribution in [0.1, 0.15) is 82.5 Å². The van der Waals surface area contributed by atoms with Crippen LogP contribution in [0.4, 0.5) is 4.79 Å². The number of rotatable bonds is 10. The number of hydrogen-bond acceptors (Lipinski definition) is 5. The lowest BCUT2D eigenvalue weighted by Crippen LogP contribution is -2.58. The average molecular weight is 476 g/mol. The van der Waals surface area contributed by atoms with E-state index in [1.54, 1.807) is 25.7 Å². The van der Waals surface area contributed by atoms with E-state index in [0.717, 1.165) is 48.8 Å².